The summed E-state index contributed by atoms with van der Waals surface area (Å²) in [5, 5.41) is 2.85. The molecule has 2 amide bonds. The first-order valence-electron chi connectivity index (χ1n) is 9.65. The fourth-order valence-corrected chi connectivity index (χ4v) is 2.70. The van der Waals surface area contributed by atoms with Crippen molar-refractivity contribution in [2.75, 3.05) is 27.8 Å². The minimum atomic E-state index is -0.634. The molecule has 0 saturated carbocycles. The molecule has 1 aromatic rings. The molecule has 0 spiro atoms. The molecule has 7 nitrogen and oxygen atoms in total. The van der Waals surface area contributed by atoms with Gasteiger partial charge in [-0.3, -0.25) is 9.59 Å². The van der Waals surface area contributed by atoms with Gasteiger partial charge in [-0.05, 0) is 30.4 Å². The van der Waals surface area contributed by atoms with Crippen LogP contribution in [0.2, 0.25) is 0 Å². The van der Waals surface area contributed by atoms with Crippen molar-refractivity contribution >= 4 is 24.2 Å². The quantitative estimate of drug-likeness (QED) is 0.596. The SMILES string of the molecule is COc1cc(OC)cc(C(=O)NC(C(=O)N(C)CCC(N)C(C)C)C(C)C)c1.Cl. The second-order valence-corrected chi connectivity index (χ2v) is 7.75. The third-order valence-corrected chi connectivity index (χ3v) is 4.86. The lowest BCUT2D eigenvalue weighted by atomic mass is 10.00. The minimum absolute atomic E-state index is 0. The van der Waals surface area contributed by atoms with E-state index in [2.05, 4.69) is 19.2 Å². The van der Waals surface area contributed by atoms with Crippen molar-refractivity contribution in [3.8, 4) is 11.5 Å². The number of hydrogen-bond donors (Lipinski definition) is 2. The van der Waals surface area contributed by atoms with E-state index in [-0.39, 0.29) is 36.2 Å². The lowest BCUT2D eigenvalue weighted by Gasteiger charge is -2.28. The van der Waals surface area contributed by atoms with Crippen LogP contribution < -0.4 is 20.5 Å². The number of carbonyl (C=O) groups excluding carboxylic acids is 2. The average molecular weight is 430 g/mol. The van der Waals surface area contributed by atoms with Crippen molar-refractivity contribution in [1.82, 2.24) is 10.2 Å². The maximum absolute atomic E-state index is 12.9. The van der Waals surface area contributed by atoms with Crippen LogP contribution in [0.1, 0.15) is 44.5 Å². The Balaban J connectivity index is 0.00000784. The van der Waals surface area contributed by atoms with Crippen LogP contribution in [0.5, 0.6) is 11.5 Å². The van der Waals surface area contributed by atoms with Gasteiger partial charge in [0, 0.05) is 31.3 Å². The summed E-state index contributed by atoms with van der Waals surface area (Å²) in [7, 11) is 4.78. The first-order chi connectivity index (χ1) is 13.1. The number of amides is 2. The van der Waals surface area contributed by atoms with Crippen LogP contribution >= 0.6 is 12.4 Å². The van der Waals surface area contributed by atoms with Gasteiger partial charge in [0.05, 0.1) is 14.2 Å². The molecule has 3 N–H and O–H groups in total. The lowest BCUT2D eigenvalue weighted by molar-refractivity contribution is -0.133. The van der Waals surface area contributed by atoms with E-state index in [1.807, 2.05) is 13.8 Å². The predicted octanol–water partition coefficient (Wildman–Crippen LogP) is 2.71. The second-order valence-electron chi connectivity index (χ2n) is 7.75. The predicted molar refractivity (Wildman–Crippen MR) is 118 cm³/mol. The van der Waals surface area contributed by atoms with Gasteiger partial charge in [-0.25, -0.2) is 0 Å². The van der Waals surface area contributed by atoms with Gasteiger partial charge in [0.2, 0.25) is 5.91 Å². The van der Waals surface area contributed by atoms with E-state index in [1.54, 1.807) is 30.1 Å². The standard InChI is InChI=1S/C21H35N3O4.ClH/c1-13(2)18(22)8-9-24(5)21(26)19(14(3)4)23-20(25)15-10-16(27-6)12-17(11-15)28-7;/h10-14,18-19H,8-9,22H2,1-7H3,(H,23,25);1H. The summed E-state index contributed by atoms with van der Waals surface area (Å²) in [6.45, 7) is 8.48. The Labute approximate surface area is 180 Å². The largest absolute Gasteiger partial charge is 0.497 e. The van der Waals surface area contributed by atoms with E-state index in [4.69, 9.17) is 15.2 Å². The van der Waals surface area contributed by atoms with Gasteiger partial charge in [-0.1, -0.05) is 27.7 Å². The van der Waals surface area contributed by atoms with E-state index in [9.17, 15) is 9.59 Å². The third-order valence-electron chi connectivity index (χ3n) is 4.86. The number of rotatable bonds is 10. The maximum atomic E-state index is 12.9. The molecule has 166 valence electrons. The highest BCUT2D eigenvalue weighted by Gasteiger charge is 2.28. The summed E-state index contributed by atoms with van der Waals surface area (Å²) in [6.07, 6.45) is 0.714. The third kappa shape index (κ3) is 8.11. The molecule has 0 aliphatic rings. The van der Waals surface area contributed by atoms with Crippen LogP contribution in [-0.4, -0.2) is 56.6 Å². The first-order valence-corrected chi connectivity index (χ1v) is 9.65. The molecule has 8 heteroatoms. The molecule has 0 aliphatic carbocycles. The Kier molecular flexibility index (Phi) is 11.7. The zero-order chi connectivity index (χ0) is 21.4. The molecule has 1 rings (SSSR count). The Hall–Kier alpha value is -1.99. The van der Waals surface area contributed by atoms with E-state index in [0.717, 1.165) is 0 Å². The topological polar surface area (TPSA) is 93.9 Å². The molecule has 0 aromatic heterocycles. The summed E-state index contributed by atoms with van der Waals surface area (Å²) in [5.41, 5.74) is 6.46. The average Bonchev–Trinajstić information content (AvgIpc) is 2.68. The Bertz CT molecular complexity index is 645. The summed E-state index contributed by atoms with van der Waals surface area (Å²) in [4.78, 5) is 27.3. The molecule has 29 heavy (non-hydrogen) atoms. The number of benzene rings is 1. The number of nitrogens with one attached hydrogen (secondary N) is 1. The lowest BCUT2D eigenvalue weighted by Crippen LogP contribution is -2.50. The molecule has 1 aromatic carbocycles. The van der Waals surface area contributed by atoms with Gasteiger partial charge in [0.15, 0.2) is 0 Å². The highest BCUT2D eigenvalue weighted by molar-refractivity contribution is 5.98. The molecular formula is C21H36ClN3O4. The Morgan fingerprint density at radius 2 is 1.55 bits per heavy atom. The second kappa shape index (κ2) is 12.5. The van der Waals surface area contributed by atoms with Crippen molar-refractivity contribution < 1.29 is 19.1 Å². The molecule has 0 radical (unpaired) electrons. The van der Waals surface area contributed by atoms with Crippen LogP contribution in [0.25, 0.3) is 0 Å². The zero-order valence-corrected chi connectivity index (χ0v) is 19.3. The van der Waals surface area contributed by atoms with Gasteiger partial charge in [0.25, 0.3) is 5.91 Å². The van der Waals surface area contributed by atoms with Crippen molar-refractivity contribution in [3.05, 3.63) is 23.8 Å². The van der Waals surface area contributed by atoms with Crippen LogP contribution in [0.3, 0.4) is 0 Å². The number of nitrogens with two attached hydrogens (primary N) is 1. The summed E-state index contributed by atoms with van der Waals surface area (Å²) >= 11 is 0. The van der Waals surface area contributed by atoms with E-state index < -0.39 is 6.04 Å². The molecule has 2 unspecified atom stereocenters. The van der Waals surface area contributed by atoms with Crippen molar-refractivity contribution in [2.24, 2.45) is 17.6 Å². The molecule has 2 atom stereocenters. The van der Waals surface area contributed by atoms with Crippen molar-refractivity contribution in [1.29, 1.82) is 0 Å². The number of nitrogens with zero attached hydrogens (tertiary/aromatic N) is 1. The minimum Gasteiger partial charge on any atom is -0.497 e. The van der Waals surface area contributed by atoms with E-state index in [1.165, 1.54) is 14.2 Å². The number of halogens is 1. The Morgan fingerprint density at radius 1 is 1.03 bits per heavy atom. The molecule has 0 heterocycles. The normalized spacial score (nSPS) is 12.8. The first kappa shape index (κ1) is 27.0. The number of carbonyl (C=O) groups is 2. The molecule has 0 bridgehead atoms. The smallest absolute Gasteiger partial charge is 0.252 e. The van der Waals surface area contributed by atoms with Gasteiger partial charge in [-0.2, -0.15) is 0 Å². The van der Waals surface area contributed by atoms with Crippen molar-refractivity contribution in [2.45, 2.75) is 46.2 Å². The summed E-state index contributed by atoms with van der Waals surface area (Å²) < 4.78 is 10.4. The van der Waals surface area contributed by atoms with Crippen LogP contribution in [0, 0.1) is 11.8 Å². The molecule has 0 fully saturated rings. The van der Waals surface area contributed by atoms with Gasteiger partial charge >= 0.3 is 0 Å². The summed E-state index contributed by atoms with van der Waals surface area (Å²) in [6, 6.07) is 4.32. The fourth-order valence-electron chi connectivity index (χ4n) is 2.70. The fraction of sp³-hybridized carbons (Fsp3) is 0.619. The van der Waals surface area contributed by atoms with Gasteiger partial charge < -0.3 is 25.4 Å². The highest BCUT2D eigenvalue weighted by atomic mass is 35.5. The summed E-state index contributed by atoms with van der Waals surface area (Å²) in [5.74, 6) is 0.830. The zero-order valence-electron chi connectivity index (χ0n) is 18.5. The monoisotopic (exact) mass is 429 g/mol. The van der Waals surface area contributed by atoms with Gasteiger partial charge in [-0.15, -0.1) is 12.4 Å². The number of likely N-dealkylation sites (N-methyl/N-ethyl adjacent to an activating group) is 1. The van der Waals surface area contributed by atoms with Crippen LogP contribution in [0.4, 0.5) is 0 Å². The van der Waals surface area contributed by atoms with Crippen molar-refractivity contribution in [3.63, 3.8) is 0 Å². The number of hydrogen-bond acceptors (Lipinski definition) is 5. The number of methoxy groups -OCH3 is 2. The highest BCUT2D eigenvalue weighted by Crippen LogP contribution is 2.22. The van der Waals surface area contributed by atoms with Crippen LogP contribution in [0.15, 0.2) is 18.2 Å². The van der Waals surface area contributed by atoms with E-state index in [0.29, 0.717) is 35.9 Å². The molecule has 0 saturated heterocycles. The Morgan fingerprint density at radius 3 is 1.97 bits per heavy atom. The maximum Gasteiger partial charge on any atom is 0.252 e. The molecular weight excluding hydrogens is 394 g/mol. The van der Waals surface area contributed by atoms with Gasteiger partial charge in [0.1, 0.15) is 17.5 Å². The van der Waals surface area contributed by atoms with Crippen LogP contribution in [-0.2, 0) is 4.79 Å². The number of ether oxygens (including phenoxy) is 2. The van der Waals surface area contributed by atoms with E-state index >= 15 is 0 Å². The molecule has 0 aliphatic heterocycles.